The van der Waals surface area contributed by atoms with E-state index in [1.54, 1.807) is 0 Å². The normalized spacial score (nSPS) is 12.1. The molecule has 0 heterocycles. The number of aliphatic hydroxyl groups is 1. The summed E-state index contributed by atoms with van der Waals surface area (Å²) in [6, 6.07) is 62.2. The average Bonchev–Trinajstić information content (AvgIpc) is 3.26. The molecule has 0 atom stereocenters. The first-order valence-corrected chi connectivity index (χ1v) is 19.1. The monoisotopic (exact) mass is 743 g/mol. The van der Waals surface area contributed by atoms with Gasteiger partial charge in [-0.25, -0.2) is 0 Å². The molecule has 0 fully saturated rings. The number of aliphatic hydroxyl groups excluding tert-OH is 1. The Bertz CT molecular complexity index is 1830. The number of ether oxygens (including phenoxy) is 2. The van der Waals surface area contributed by atoms with Crippen molar-refractivity contribution < 1.29 is 24.3 Å². The first kappa shape index (κ1) is 41.8. The molecule has 6 heteroatoms. The number of rotatable bonds is 18. The number of benzene rings is 6. The Hall–Kier alpha value is -5.34. The van der Waals surface area contributed by atoms with E-state index in [4.69, 9.17) is 24.3 Å². The van der Waals surface area contributed by atoms with Gasteiger partial charge in [-0.05, 0) is 60.1 Å². The highest BCUT2D eigenvalue weighted by Crippen LogP contribution is 2.42. The summed E-state index contributed by atoms with van der Waals surface area (Å²) >= 11 is 0. The largest absolute Gasteiger partial charge is 0.485 e. The van der Waals surface area contributed by atoms with Gasteiger partial charge in [-0.3, -0.25) is 0 Å². The topological polar surface area (TPSA) is 68.2 Å². The molecule has 285 valence electrons. The molecule has 0 saturated heterocycles. The third-order valence-corrected chi connectivity index (χ3v) is 9.75. The second kappa shape index (κ2) is 22.3. The Labute approximate surface area is 333 Å². The predicted octanol–water partition coefficient (Wildman–Crippen LogP) is 10.2. The molecule has 0 aliphatic heterocycles. The van der Waals surface area contributed by atoms with Gasteiger partial charge < -0.3 is 24.3 Å². The molecular formula is C50H52BO5. The summed E-state index contributed by atoms with van der Waals surface area (Å²) in [5.74, 6) is 0. The molecule has 0 aliphatic carbocycles. The van der Waals surface area contributed by atoms with E-state index in [1.807, 2.05) is 98.8 Å². The van der Waals surface area contributed by atoms with E-state index in [-0.39, 0.29) is 6.61 Å². The van der Waals surface area contributed by atoms with Crippen LogP contribution in [0.2, 0.25) is 0 Å². The second-order valence-electron chi connectivity index (χ2n) is 13.5. The van der Waals surface area contributed by atoms with Crippen molar-refractivity contribution in [3.05, 3.63) is 239 Å². The molecule has 6 aromatic carbocycles. The molecule has 6 rings (SSSR count). The highest BCUT2D eigenvalue weighted by atomic mass is 16.5. The van der Waals surface area contributed by atoms with E-state index in [1.165, 1.54) is 0 Å². The van der Waals surface area contributed by atoms with Crippen molar-refractivity contribution in [2.75, 3.05) is 26.4 Å². The zero-order valence-electron chi connectivity index (χ0n) is 32.4. The molecule has 0 aromatic heterocycles. The lowest BCUT2D eigenvalue weighted by Gasteiger charge is -2.36. The molecule has 0 amide bonds. The number of hydrogen-bond acceptors (Lipinski definition) is 5. The first-order valence-electron chi connectivity index (χ1n) is 19.1. The summed E-state index contributed by atoms with van der Waals surface area (Å²) in [5.41, 5.74) is 7.49. The third kappa shape index (κ3) is 10.9. The minimum atomic E-state index is -0.695. The van der Waals surface area contributed by atoms with Gasteiger partial charge in [0, 0.05) is 6.61 Å². The lowest BCUT2D eigenvalue weighted by molar-refractivity contribution is 0.0146. The van der Waals surface area contributed by atoms with Crippen molar-refractivity contribution in [2.24, 2.45) is 0 Å². The maximum Gasteiger partial charge on any atom is 0.485 e. The molecule has 0 spiro atoms. The fourth-order valence-electron chi connectivity index (χ4n) is 6.86. The summed E-state index contributed by atoms with van der Waals surface area (Å²) in [7, 11) is 0.714. The maximum atomic E-state index is 9.11. The molecule has 6 aromatic rings. The van der Waals surface area contributed by atoms with Gasteiger partial charge in [0.05, 0.1) is 19.8 Å². The third-order valence-electron chi connectivity index (χ3n) is 9.75. The van der Waals surface area contributed by atoms with Gasteiger partial charge in [0.15, 0.2) is 0 Å². The molecular weight excluding hydrogens is 691 g/mol. The van der Waals surface area contributed by atoms with Crippen LogP contribution in [0.4, 0.5) is 0 Å². The Kier molecular flexibility index (Phi) is 16.6. The maximum absolute atomic E-state index is 9.11. The molecule has 0 unspecified atom stereocenters. The van der Waals surface area contributed by atoms with Crippen molar-refractivity contribution in [1.29, 1.82) is 0 Å². The highest BCUT2D eigenvalue weighted by molar-refractivity contribution is 6.15. The summed E-state index contributed by atoms with van der Waals surface area (Å²) in [6.07, 6.45) is 5.32. The quantitative estimate of drug-likeness (QED) is 0.0397. The Morgan fingerprint density at radius 2 is 0.732 bits per heavy atom. The summed E-state index contributed by atoms with van der Waals surface area (Å²) in [5, 5.41) is 17.8. The molecule has 0 aliphatic rings. The van der Waals surface area contributed by atoms with Crippen molar-refractivity contribution in [2.45, 2.75) is 37.9 Å². The van der Waals surface area contributed by atoms with Crippen molar-refractivity contribution >= 4 is 7.69 Å². The average molecular weight is 744 g/mol. The van der Waals surface area contributed by atoms with E-state index in [2.05, 4.69) is 109 Å². The van der Waals surface area contributed by atoms with Gasteiger partial charge in [0.2, 0.25) is 0 Å². The van der Waals surface area contributed by atoms with Crippen LogP contribution in [0, 0.1) is 0 Å². The molecule has 5 nitrogen and oxygen atoms in total. The van der Waals surface area contributed by atoms with E-state index < -0.39 is 11.2 Å². The van der Waals surface area contributed by atoms with Gasteiger partial charge in [0.1, 0.15) is 11.2 Å². The molecule has 1 radical (unpaired) electrons. The smallest absolute Gasteiger partial charge is 0.429 e. The van der Waals surface area contributed by atoms with Crippen LogP contribution in [-0.2, 0) is 25.3 Å². The minimum Gasteiger partial charge on any atom is -0.429 e. The Balaban J connectivity index is 0.000000215. The van der Waals surface area contributed by atoms with Crippen LogP contribution in [0.1, 0.15) is 60.1 Å². The van der Waals surface area contributed by atoms with Crippen LogP contribution >= 0.6 is 0 Å². The van der Waals surface area contributed by atoms with E-state index in [9.17, 15) is 0 Å². The standard InChI is InChI=1S/C25H26BO3.C25H26O2/c1-21(18-20-29-26-27)17-19-28-25(22-11-5-2-6-12-22,23-13-7-3-8-14-23)24-15-9-4-10-16-24;1-21(17-19-26)18-20-27-25(22-11-5-2-6-12-22,23-13-7-3-8-14-23)24-15-9-4-10-16-24/h2-16,18,27H,17,19-20H2,1H3;2-17,26H,18-20H2,1H3/b21-18+;21-17+. The fraction of sp³-hybridized carbons (Fsp3) is 0.200. The van der Waals surface area contributed by atoms with Crippen LogP contribution in [0.3, 0.4) is 0 Å². The first-order chi connectivity index (χ1) is 27.5. The molecule has 2 N–H and O–H groups in total. The Morgan fingerprint density at radius 1 is 0.464 bits per heavy atom. The minimum absolute atomic E-state index is 0.0625. The van der Waals surface area contributed by atoms with Crippen molar-refractivity contribution in [3.63, 3.8) is 0 Å². The van der Waals surface area contributed by atoms with Crippen LogP contribution in [0.5, 0.6) is 0 Å². The lowest BCUT2D eigenvalue weighted by atomic mass is 9.80. The Morgan fingerprint density at radius 3 is 0.982 bits per heavy atom. The van der Waals surface area contributed by atoms with Crippen molar-refractivity contribution in [3.8, 4) is 0 Å². The van der Waals surface area contributed by atoms with Crippen LogP contribution < -0.4 is 0 Å². The highest BCUT2D eigenvalue weighted by Gasteiger charge is 2.38. The van der Waals surface area contributed by atoms with Crippen LogP contribution in [-0.4, -0.2) is 44.2 Å². The van der Waals surface area contributed by atoms with E-state index in [0.29, 0.717) is 27.5 Å². The summed E-state index contributed by atoms with van der Waals surface area (Å²) in [4.78, 5) is 0. The summed E-state index contributed by atoms with van der Waals surface area (Å²) < 4.78 is 18.3. The molecule has 0 saturated carbocycles. The lowest BCUT2D eigenvalue weighted by Crippen LogP contribution is -2.33. The van der Waals surface area contributed by atoms with Crippen LogP contribution in [0.25, 0.3) is 0 Å². The van der Waals surface area contributed by atoms with Gasteiger partial charge in [0.25, 0.3) is 0 Å². The van der Waals surface area contributed by atoms with Gasteiger partial charge in [-0.15, -0.1) is 0 Å². The van der Waals surface area contributed by atoms with Crippen molar-refractivity contribution in [1.82, 2.24) is 0 Å². The zero-order valence-corrected chi connectivity index (χ0v) is 32.4. The van der Waals surface area contributed by atoms with Gasteiger partial charge >= 0.3 is 7.69 Å². The summed E-state index contributed by atoms with van der Waals surface area (Å²) in [6.45, 7) is 5.58. The van der Waals surface area contributed by atoms with Crippen LogP contribution in [0.15, 0.2) is 205 Å². The molecule has 0 bridgehead atoms. The zero-order chi connectivity index (χ0) is 39.3. The van der Waals surface area contributed by atoms with E-state index in [0.717, 1.165) is 57.4 Å². The van der Waals surface area contributed by atoms with Gasteiger partial charge in [-0.1, -0.05) is 205 Å². The van der Waals surface area contributed by atoms with Gasteiger partial charge in [-0.2, -0.15) is 0 Å². The predicted molar refractivity (Wildman–Crippen MR) is 228 cm³/mol. The second-order valence-corrected chi connectivity index (χ2v) is 13.5. The molecule has 56 heavy (non-hydrogen) atoms. The number of hydrogen-bond donors (Lipinski definition) is 2. The van der Waals surface area contributed by atoms with E-state index >= 15 is 0 Å². The fourth-order valence-corrected chi connectivity index (χ4v) is 6.86. The SMILES string of the molecule is C/C(=C\CO)CCOC(c1ccccc1)(c1ccccc1)c1ccccc1.C/C(=C\CO[B]O)CCOC(c1ccccc1)(c1ccccc1)c1ccccc1.